The Morgan fingerprint density at radius 3 is 2.65 bits per heavy atom. The van der Waals surface area contributed by atoms with E-state index in [1.807, 2.05) is 45.3 Å². The number of aromatic nitrogens is 1. The minimum Gasteiger partial charge on any atom is -0.369 e. The van der Waals surface area contributed by atoms with Gasteiger partial charge in [-0.15, -0.1) is 0 Å². The fourth-order valence-electron chi connectivity index (χ4n) is 2.00. The maximum Gasteiger partial charge on any atom is 0.257 e. The Morgan fingerprint density at radius 2 is 2.04 bits per heavy atom. The van der Waals surface area contributed by atoms with Crippen molar-refractivity contribution < 1.29 is 4.79 Å². The van der Waals surface area contributed by atoms with Crippen LogP contribution < -0.4 is 10.6 Å². The molecule has 0 saturated carbocycles. The predicted molar refractivity (Wildman–Crippen MR) is 98.1 cm³/mol. The Hall–Kier alpha value is -1.92. The second-order valence-electron chi connectivity index (χ2n) is 5.58. The molecule has 1 aromatic heterocycles. The molecule has 0 bridgehead atoms. The summed E-state index contributed by atoms with van der Waals surface area (Å²) < 4.78 is 0.989. The second kappa shape index (κ2) is 8.08. The zero-order valence-corrected chi connectivity index (χ0v) is 15.1. The average molecular weight is 377 g/mol. The van der Waals surface area contributed by atoms with Crippen molar-refractivity contribution in [3.8, 4) is 0 Å². The Labute approximate surface area is 145 Å². The van der Waals surface area contributed by atoms with Crippen LogP contribution in [0.2, 0.25) is 0 Å². The van der Waals surface area contributed by atoms with E-state index in [4.69, 9.17) is 0 Å². The number of nitrogens with one attached hydrogen (secondary N) is 2. The minimum atomic E-state index is -0.164. The fraction of sp³-hybridized carbons (Fsp3) is 0.294. The van der Waals surface area contributed by atoms with Crippen molar-refractivity contribution in [1.82, 2.24) is 9.88 Å². The summed E-state index contributed by atoms with van der Waals surface area (Å²) in [6.07, 6.45) is 1.58. The molecule has 0 unspecified atom stereocenters. The first kappa shape index (κ1) is 17.4. The van der Waals surface area contributed by atoms with Crippen molar-refractivity contribution in [2.45, 2.75) is 6.92 Å². The molecule has 1 heterocycles. The Balaban J connectivity index is 1.97. The Morgan fingerprint density at radius 1 is 1.26 bits per heavy atom. The third-order valence-electron chi connectivity index (χ3n) is 3.33. The van der Waals surface area contributed by atoms with Crippen molar-refractivity contribution in [1.29, 1.82) is 0 Å². The lowest BCUT2D eigenvalue weighted by molar-refractivity contribution is 0.102. The van der Waals surface area contributed by atoms with Crippen LogP contribution in [-0.2, 0) is 0 Å². The number of benzene rings is 1. The van der Waals surface area contributed by atoms with Crippen LogP contribution in [0.1, 0.15) is 15.9 Å². The van der Waals surface area contributed by atoms with Crippen molar-refractivity contribution in [3.05, 3.63) is 52.1 Å². The summed E-state index contributed by atoms with van der Waals surface area (Å²) in [6, 6.07) is 9.33. The number of halogens is 1. The molecule has 6 heteroatoms. The molecule has 23 heavy (non-hydrogen) atoms. The number of hydrogen-bond donors (Lipinski definition) is 2. The lowest BCUT2D eigenvalue weighted by atomic mass is 10.2. The highest BCUT2D eigenvalue weighted by molar-refractivity contribution is 9.10. The van der Waals surface area contributed by atoms with Gasteiger partial charge in [-0.05, 0) is 56.9 Å². The van der Waals surface area contributed by atoms with Crippen LogP contribution in [0.25, 0.3) is 0 Å². The summed E-state index contributed by atoms with van der Waals surface area (Å²) in [5, 5.41) is 6.12. The van der Waals surface area contributed by atoms with Gasteiger partial charge in [0.15, 0.2) is 0 Å². The molecule has 0 aliphatic heterocycles. The Kier molecular flexibility index (Phi) is 6.12. The van der Waals surface area contributed by atoms with E-state index in [-0.39, 0.29) is 5.91 Å². The van der Waals surface area contributed by atoms with Gasteiger partial charge in [0, 0.05) is 29.4 Å². The molecule has 1 amide bonds. The minimum absolute atomic E-state index is 0.164. The summed E-state index contributed by atoms with van der Waals surface area (Å²) in [6.45, 7) is 3.69. The number of anilines is 2. The number of pyridine rings is 1. The molecule has 5 nitrogen and oxygen atoms in total. The molecule has 0 radical (unpaired) electrons. The molecule has 0 spiro atoms. The van der Waals surface area contributed by atoms with Crippen LogP contribution in [0.15, 0.2) is 41.0 Å². The van der Waals surface area contributed by atoms with Gasteiger partial charge in [-0.25, -0.2) is 4.98 Å². The molecule has 0 aliphatic carbocycles. The third-order valence-corrected chi connectivity index (χ3v) is 3.82. The van der Waals surface area contributed by atoms with Crippen LogP contribution in [0, 0.1) is 6.92 Å². The number of amides is 1. The van der Waals surface area contributed by atoms with Gasteiger partial charge in [-0.1, -0.05) is 15.9 Å². The van der Waals surface area contributed by atoms with Gasteiger partial charge in [-0.2, -0.15) is 0 Å². The molecule has 0 fully saturated rings. The molecule has 2 rings (SSSR count). The van der Waals surface area contributed by atoms with Gasteiger partial charge < -0.3 is 15.5 Å². The normalized spacial score (nSPS) is 10.7. The van der Waals surface area contributed by atoms with Crippen molar-refractivity contribution in [3.63, 3.8) is 0 Å². The topological polar surface area (TPSA) is 57.3 Å². The van der Waals surface area contributed by atoms with Crippen molar-refractivity contribution in [2.75, 3.05) is 37.8 Å². The molecular formula is C17H21BrN4O. The SMILES string of the molecule is Cc1cc(Br)ccc1NC(=O)c1ccc(NCCN(C)C)nc1. The van der Waals surface area contributed by atoms with Crippen LogP contribution in [-0.4, -0.2) is 43.0 Å². The highest BCUT2D eigenvalue weighted by atomic mass is 79.9. The van der Waals surface area contributed by atoms with E-state index in [0.29, 0.717) is 5.56 Å². The molecule has 122 valence electrons. The third kappa shape index (κ3) is 5.33. The van der Waals surface area contributed by atoms with E-state index in [1.165, 1.54) is 0 Å². The summed E-state index contributed by atoms with van der Waals surface area (Å²) in [7, 11) is 4.04. The van der Waals surface area contributed by atoms with Crippen LogP contribution in [0.4, 0.5) is 11.5 Å². The van der Waals surface area contributed by atoms with Gasteiger partial charge in [0.05, 0.1) is 5.56 Å². The van der Waals surface area contributed by atoms with Gasteiger partial charge in [0.25, 0.3) is 5.91 Å². The predicted octanol–water partition coefficient (Wildman–Crippen LogP) is 3.38. The zero-order chi connectivity index (χ0) is 16.8. The van der Waals surface area contributed by atoms with Gasteiger partial charge >= 0.3 is 0 Å². The first-order valence-electron chi connectivity index (χ1n) is 7.38. The number of rotatable bonds is 6. The Bertz CT molecular complexity index is 671. The monoisotopic (exact) mass is 376 g/mol. The van der Waals surface area contributed by atoms with Crippen molar-refractivity contribution >= 4 is 33.3 Å². The maximum absolute atomic E-state index is 12.3. The van der Waals surface area contributed by atoms with Crippen LogP contribution >= 0.6 is 15.9 Å². The fourth-order valence-corrected chi connectivity index (χ4v) is 2.48. The summed E-state index contributed by atoms with van der Waals surface area (Å²) in [5.74, 6) is 0.603. The highest BCUT2D eigenvalue weighted by Gasteiger charge is 2.08. The van der Waals surface area contributed by atoms with Gasteiger partial charge in [0.1, 0.15) is 5.82 Å². The maximum atomic E-state index is 12.3. The van der Waals surface area contributed by atoms with E-state index in [2.05, 4.69) is 36.4 Å². The number of nitrogens with zero attached hydrogens (tertiary/aromatic N) is 2. The highest BCUT2D eigenvalue weighted by Crippen LogP contribution is 2.20. The van der Waals surface area contributed by atoms with Gasteiger partial charge in [0.2, 0.25) is 0 Å². The van der Waals surface area contributed by atoms with Crippen LogP contribution in [0.3, 0.4) is 0 Å². The summed E-state index contributed by atoms with van der Waals surface area (Å²) >= 11 is 3.41. The molecule has 2 N–H and O–H groups in total. The van der Waals surface area contributed by atoms with Crippen LogP contribution in [0.5, 0.6) is 0 Å². The van der Waals surface area contributed by atoms with Crippen molar-refractivity contribution in [2.24, 2.45) is 0 Å². The number of likely N-dealkylation sites (N-methyl/N-ethyl adjacent to an activating group) is 1. The summed E-state index contributed by atoms with van der Waals surface area (Å²) in [5.41, 5.74) is 2.33. The van der Waals surface area contributed by atoms with E-state index in [1.54, 1.807) is 12.3 Å². The lowest BCUT2D eigenvalue weighted by Crippen LogP contribution is -2.21. The molecule has 0 aliphatic rings. The van der Waals surface area contributed by atoms with E-state index >= 15 is 0 Å². The average Bonchev–Trinajstić information content (AvgIpc) is 2.50. The first-order valence-corrected chi connectivity index (χ1v) is 8.17. The van der Waals surface area contributed by atoms with E-state index in [9.17, 15) is 4.79 Å². The quantitative estimate of drug-likeness (QED) is 0.811. The van der Waals surface area contributed by atoms with E-state index < -0.39 is 0 Å². The van der Waals surface area contributed by atoms with Gasteiger partial charge in [-0.3, -0.25) is 4.79 Å². The molecule has 2 aromatic rings. The number of carbonyl (C=O) groups excluding carboxylic acids is 1. The zero-order valence-electron chi connectivity index (χ0n) is 13.6. The molecular weight excluding hydrogens is 356 g/mol. The molecule has 1 aromatic carbocycles. The number of hydrogen-bond acceptors (Lipinski definition) is 4. The largest absolute Gasteiger partial charge is 0.369 e. The lowest BCUT2D eigenvalue weighted by Gasteiger charge is -2.11. The molecule has 0 atom stereocenters. The number of carbonyl (C=O) groups is 1. The number of aryl methyl sites for hydroxylation is 1. The summed E-state index contributed by atoms with van der Waals surface area (Å²) in [4.78, 5) is 18.6. The first-order chi connectivity index (χ1) is 11.0. The smallest absolute Gasteiger partial charge is 0.257 e. The molecule has 0 saturated heterocycles. The second-order valence-corrected chi connectivity index (χ2v) is 6.49. The standard InChI is InChI=1S/C17H21BrN4O/c1-12-10-14(18)5-6-15(12)21-17(23)13-4-7-16(20-11-13)19-8-9-22(2)3/h4-7,10-11H,8-9H2,1-3H3,(H,19,20)(H,21,23). The van der Waals surface area contributed by atoms with E-state index in [0.717, 1.165) is 34.6 Å².